The van der Waals surface area contributed by atoms with Gasteiger partial charge in [-0.1, -0.05) is 37.0 Å². The topological polar surface area (TPSA) is 63.1 Å². The standard InChI is InChI=1S/C21H29Cl2N5O/c1-13(2)14(3)24-21(29)16-7-9-27(10-8-16)12-28-20(25-15(4)26-28)17-5-6-18(22)19(23)11-17/h5-6,11,13-14,16H,7-10,12H2,1-4H3,(H,24,29). The SMILES string of the molecule is Cc1nc(-c2ccc(Cl)c(Cl)c2)n(CN2CCC(C(=O)NC(C)C(C)C)CC2)n1. The van der Waals surface area contributed by atoms with Crippen LogP contribution in [0.5, 0.6) is 0 Å². The van der Waals surface area contributed by atoms with E-state index in [0.717, 1.165) is 37.3 Å². The molecule has 6 nitrogen and oxygen atoms in total. The van der Waals surface area contributed by atoms with Crippen LogP contribution in [0.4, 0.5) is 0 Å². The monoisotopic (exact) mass is 437 g/mol. The summed E-state index contributed by atoms with van der Waals surface area (Å²) in [4.78, 5) is 19.4. The zero-order valence-electron chi connectivity index (χ0n) is 17.5. The van der Waals surface area contributed by atoms with E-state index < -0.39 is 0 Å². The lowest BCUT2D eigenvalue weighted by molar-refractivity contribution is -0.127. The van der Waals surface area contributed by atoms with Gasteiger partial charge >= 0.3 is 0 Å². The highest BCUT2D eigenvalue weighted by Crippen LogP contribution is 2.28. The average Bonchev–Trinajstić information content (AvgIpc) is 3.04. The number of aromatic nitrogens is 3. The summed E-state index contributed by atoms with van der Waals surface area (Å²) in [5.74, 6) is 2.18. The van der Waals surface area contributed by atoms with Gasteiger partial charge < -0.3 is 5.32 Å². The molecule has 0 aliphatic carbocycles. The molecule has 2 aromatic rings. The molecule has 0 radical (unpaired) electrons. The number of nitrogens with one attached hydrogen (secondary N) is 1. The molecule has 0 spiro atoms. The van der Waals surface area contributed by atoms with E-state index in [-0.39, 0.29) is 17.9 Å². The van der Waals surface area contributed by atoms with E-state index in [9.17, 15) is 4.79 Å². The summed E-state index contributed by atoms with van der Waals surface area (Å²) in [5, 5.41) is 8.72. The average molecular weight is 438 g/mol. The third-order valence-electron chi connectivity index (χ3n) is 5.62. The lowest BCUT2D eigenvalue weighted by atomic mass is 9.95. The van der Waals surface area contributed by atoms with Crippen molar-refractivity contribution < 1.29 is 4.79 Å². The Labute approximate surface area is 182 Å². The van der Waals surface area contributed by atoms with Gasteiger partial charge in [0, 0.05) is 30.6 Å². The smallest absolute Gasteiger partial charge is 0.223 e. The largest absolute Gasteiger partial charge is 0.353 e. The molecule has 1 aliphatic rings. The minimum Gasteiger partial charge on any atom is -0.353 e. The predicted molar refractivity (Wildman–Crippen MR) is 117 cm³/mol. The molecule has 2 heterocycles. The zero-order valence-corrected chi connectivity index (χ0v) is 19.0. The third kappa shape index (κ3) is 5.50. The van der Waals surface area contributed by atoms with Gasteiger partial charge in [-0.3, -0.25) is 9.69 Å². The molecule has 1 fully saturated rings. The fourth-order valence-corrected chi connectivity index (χ4v) is 3.74. The molecular formula is C21H29Cl2N5O. The second kappa shape index (κ2) is 9.45. The number of piperidine rings is 1. The molecule has 1 aliphatic heterocycles. The van der Waals surface area contributed by atoms with Crippen molar-refractivity contribution in [1.29, 1.82) is 0 Å². The number of aryl methyl sites for hydroxylation is 1. The van der Waals surface area contributed by atoms with E-state index in [1.54, 1.807) is 6.07 Å². The minimum absolute atomic E-state index is 0.0828. The molecule has 1 unspecified atom stereocenters. The van der Waals surface area contributed by atoms with Crippen LogP contribution in [-0.4, -0.2) is 44.7 Å². The van der Waals surface area contributed by atoms with E-state index in [1.807, 2.05) is 23.7 Å². The number of carbonyl (C=O) groups excluding carboxylic acids is 1. The van der Waals surface area contributed by atoms with Crippen molar-refractivity contribution in [2.24, 2.45) is 11.8 Å². The summed E-state index contributed by atoms with van der Waals surface area (Å²) in [6, 6.07) is 5.69. The van der Waals surface area contributed by atoms with Gasteiger partial charge in [0.1, 0.15) is 5.82 Å². The van der Waals surface area contributed by atoms with Crippen LogP contribution in [0.3, 0.4) is 0 Å². The molecule has 0 saturated carbocycles. The Bertz CT molecular complexity index is 859. The quantitative estimate of drug-likeness (QED) is 0.727. The number of carbonyl (C=O) groups is 1. The summed E-state index contributed by atoms with van der Waals surface area (Å²) in [6.45, 7) is 10.5. The van der Waals surface area contributed by atoms with Gasteiger partial charge in [0.05, 0.1) is 16.7 Å². The van der Waals surface area contributed by atoms with Crippen LogP contribution in [0, 0.1) is 18.8 Å². The first-order chi connectivity index (χ1) is 13.7. The van der Waals surface area contributed by atoms with Gasteiger partial charge in [0.15, 0.2) is 5.82 Å². The number of nitrogens with zero attached hydrogens (tertiary/aromatic N) is 4. The third-order valence-corrected chi connectivity index (χ3v) is 6.36. The van der Waals surface area contributed by atoms with Crippen LogP contribution in [0.15, 0.2) is 18.2 Å². The molecule has 1 aromatic carbocycles. The number of rotatable bonds is 6. The maximum Gasteiger partial charge on any atom is 0.223 e. The highest BCUT2D eigenvalue weighted by atomic mass is 35.5. The molecule has 29 heavy (non-hydrogen) atoms. The molecule has 1 N–H and O–H groups in total. The van der Waals surface area contributed by atoms with Crippen molar-refractivity contribution >= 4 is 29.1 Å². The van der Waals surface area contributed by atoms with E-state index in [1.165, 1.54) is 0 Å². The normalized spacial score (nSPS) is 16.9. The van der Waals surface area contributed by atoms with E-state index in [0.29, 0.717) is 28.5 Å². The van der Waals surface area contributed by atoms with Crippen LogP contribution in [0.1, 0.15) is 39.4 Å². The fourth-order valence-electron chi connectivity index (χ4n) is 3.44. The lowest BCUT2D eigenvalue weighted by Gasteiger charge is -2.32. The van der Waals surface area contributed by atoms with Gasteiger partial charge in [0.2, 0.25) is 5.91 Å². The van der Waals surface area contributed by atoms with Crippen molar-refractivity contribution in [2.45, 2.75) is 53.2 Å². The highest BCUT2D eigenvalue weighted by Gasteiger charge is 2.27. The molecule has 1 amide bonds. The van der Waals surface area contributed by atoms with Crippen molar-refractivity contribution in [3.05, 3.63) is 34.1 Å². The second-order valence-electron chi connectivity index (χ2n) is 8.19. The Morgan fingerprint density at radius 3 is 2.52 bits per heavy atom. The summed E-state index contributed by atoms with van der Waals surface area (Å²) in [5.41, 5.74) is 0.886. The van der Waals surface area contributed by atoms with Gasteiger partial charge in [-0.05, 0) is 50.8 Å². The Hall–Kier alpha value is -1.63. The minimum atomic E-state index is 0.0828. The summed E-state index contributed by atoms with van der Waals surface area (Å²) in [7, 11) is 0. The Morgan fingerprint density at radius 1 is 1.21 bits per heavy atom. The van der Waals surface area contributed by atoms with Gasteiger partial charge in [-0.25, -0.2) is 9.67 Å². The van der Waals surface area contributed by atoms with Crippen molar-refractivity contribution in [3.63, 3.8) is 0 Å². The number of halogens is 2. The Balaban J connectivity index is 1.62. The first-order valence-corrected chi connectivity index (χ1v) is 10.9. The molecule has 3 rings (SSSR count). The molecule has 158 valence electrons. The molecule has 8 heteroatoms. The second-order valence-corrected chi connectivity index (χ2v) is 9.00. The van der Waals surface area contributed by atoms with Crippen LogP contribution < -0.4 is 5.32 Å². The van der Waals surface area contributed by atoms with Gasteiger partial charge in [0.25, 0.3) is 0 Å². The predicted octanol–water partition coefficient (Wildman–Crippen LogP) is 4.39. The van der Waals surface area contributed by atoms with E-state index in [2.05, 4.69) is 41.1 Å². The number of hydrogen-bond donors (Lipinski definition) is 1. The van der Waals surface area contributed by atoms with Crippen molar-refractivity contribution in [1.82, 2.24) is 25.0 Å². The van der Waals surface area contributed by atoms with E-state index >= 15 is 0 Å². The van der Waals surface area contributed by atoms with Crippen LogP contribution in [0.2, 0.25) is 10.0 Å². The highest BCUT2D eigenvalue weighted by molar-refractivity contribution is 6.42. The summed E-state index contributed by atoms with van der Waals surface area (Å²) in [6.07, 6.45) is 1.71. The first-order valence-electron chi connectivity index (χ1n) is 10.1. The molecule has 1 aromatic heterocycles. The van der Waals surface area contributed by atoms with Crippen molar-refractivity contribution in [3.8, 4) is 11.4 Å². The maximum absolute atomic E-state index is 12.5. The maximum atomic E-state index is 12.5. The molecule has 1 saturated heterocycles. The number of hydrogen-bond acceptors (Lipinski definition) is 4. The van der Waals surface area contributed by atoms with Gasteiger partial charge in [-0.15, -0.1) is 0 Å². The number of amides is 1. The number of likely N-dealkylation sites (tertiary alicyclic amines) is 1. The van der Waals surface area contributed by atoms with Gasteiger partial charge in [-0.2, -0.15) is 5.10 Å². The Kier molecular flexibility index (Phi) is 7.19. The number of benzene rings is 1. The fraction of sp³-hybridized carbons (Fsp3) is 0.571. The first kappa shape index (κ1) is 22.1. The molecule has 1 atom stereocenters. The summed E-state index contributed by atoms with van der Waals surface area (Å²) >= 11 is 12.2. The van der Waals surface area contributed by atoms with Crippen LogP contribution in [0.25, 0.3) is 11.4 Å². The van der Waals surface area contributed by atoms with Crippen molar-refractivity contribution in [2.75, 3.05) is 13.1 Å². The molecule has 0 bridgehead atoms. The summed E-state index contributed by atoms with van der Waals surface area (Å²) < 4.78 is 1.90. The van der Waals surface area contributed by atoms with E-state index in [4.69, 9.17) is 23.2 Å². The zero-order chi connectivity index (χ0) is 21.1. The van der Waals surface area contributed by atoms with Crippen LogP contribution in [-0.2, 0) is 11.5 Å². The van der Waals surface area contributed by atoms with Crippen LogP contribution >= 0.6 is 23.2 Å². The lowest BCUT2D eigenvalue weighted by Crippen LogP contribution is -2.44. The Morgan fingerprint density at radius 2 is 1.90 bits per heavy atom. The molecular weight excluding hydrogens is 409 g/mol.